The number of benzene rings is 2. The topological polar surface area (TPSA) is 47.6 Å². The zero-order valence-corrected chi connectivity index (χ0v) is 12.6. The molecule has 0 saturated carbocycles. The van der Waals surface area contributed by atoms with Crippen molar-refractivity contribution in [3.63, 3.8) is 0 Å². The average molecular weight is 346 g/mol. The Balaban J connectivity index is 1.64. The Kier molecular flexibility index (Phi) is 3.92. The van der Waals surface area contributed by atoms with E-state index < -0.39 is 0 Å². The van der Waals surface area contributed by atoms with Gasteiger partial charge in [0.05, 0.1) is 0 Å². The molecule has 0 fully saturated rings. The Morgan fingerprint density at radius 2 is 1.86 bits per heavy atom. The first kappa shape index (κ1) is 13.7. The second kappa shape index (κ2) is 6.01. The van der Waals surface area contributed by atoms with Crippen molar-refractivity contribution in [1.29, 1.82) is 0 Å². The van der Waals surface area contributed by atoms with E-state index in [1.165, 1.54) is 6.08 Å². The van der Waals surface area contributed by atoms with Crippen LogP contribution < -0.4 is 14.8 Å². The van der Waals surface area contributed by atoms with Gasteiger partial charge in [-0.05, 0) is 36.4 Å². The molecule has 0 radical (unpaired) electrons. The smallest absolute Gasteiger partial charge is 0.231 e. The molecular formula is C16H12BrNO3. The van der Waals surface area contributed by atoms with Crippen molar-refractivity contribution < 1.29 is 14.3 Å². The van der Waals surface area contributed by atoms with Gasteiger partial charge in [0.25, 0.3) is 0 Å². The largest absolute Gasteiger partial charge is 0.454 e. The fraction of sp³-hybridized carbons (Fsp3) is 0.0625. The molecule has 0 spiro atoms. The molecule has 0 aliphatic carbocycles. The van der Waals surface area contributed by atoms with Gasteiger partial charge in [-0.25, -0.2) is 0 Å². The first-order chi connectivity index (χ1) is 10.2. The van der Waals surface area contributed by atoms with Gasteiger partial charge in [-0.2, -0.15) is 0 Å². The van der Waals surface area contributed by atoms with Crippen LogP contribution in [0.15, 0.2) is 59.2 Å². The SMILES string of the molecule is O=C(C=CNc1ccc2c(c1)OCO2)c1ccc(Br)cc1. The van der Waals surface area contributed by atoms with Crippen molar-refractivity contribution in [3.8, 4) is 11.5 Å². The molecule has 3 rings (SSSR count). The molecule has 0 bridgehead atoms. The Hall–Kier alpha value is -2.27. The summed E-state index contributed by atoms with van der Waals surface area (Å²) >= 11 is 3.34. The maximum absolute atomic E-state index is 11.9. The average Bonchev–Trinajstić information content (AvgIpc) is 2.95. The number of fused-ring (bicyclic) bond motifs is 1. The molecule has 5 heteroatoms. The second-order valence-electron chi connectivity index (χ2n) is 4.42. The van der Waals surface area contributed by atoms with E-state index in [1.54, 1.807) is 18.3 Å². The molecule has 0 amide bonds. The lowest BCUT2D eigenvalue weighted by Crippen LogP contribution is -1.96. The summed E-state index contributed by atoms with van der Waals surface area (Å²) in [6.07, 6.45) is 3.11. The lowest BCUT2D eigenvalue weighted by atomic mass is 10.1. The van der Waals surface area contributed by atoms with E-state index >= 15 is 0 Å². The Morgan fingerprint density at radius 3 is 2.67 bits per heavy atom. The zero-order chi connectivity index (χ0) is 14.7. The fourth-order valence-corrected chi connectivity index (χ4v) is 2.17. The van der Waals surface area contributed by atoms with Crippen LogP contribution in [0.2, 0.25) is 0 Å². The van der Waals surface area contributed by atoms with Gasteiger partial charge >= 0.3 is 0 Å². The number of carbonyl (C=O) groups excluding carboxylic acids is 1. The van der Waals surface area contributed by atoms with Crippen LogP contribution in [0.1, 0.15) is 10.4 Å². The third-order valence-corrected chi connectivity index (χ3v) is 3.51. The van der Waals surface area contributed by atoms with E-state index in [1.807, 2.05) is 30.3 Å². The molecule has 0 aromatic heterocycles. The number of halogens is 1. The van der Waals surface area contributed by atoms with Crippen molar-refractivity contribution in [2.75, 3.05) is 12.1 Å². The maximum atomic E-state index is 11.9. The van der Waals surface area contributed by atoms with Gasteiger partial charge in [0.1, 0.15) is 0 Å². The van der Waals surface area contributed by atoms with E-state index in [9.17, 15) is 4.79 Å². The minimum Gasteiger partial charge on any atom is -0.454 e. The number of ketones is 1. The summed E-state index contributed by atoms with van der Waals surface area (Å²) in [5.41, 5.74) is 1.47. The van der Waals surface area contributed by atoms with Crippen LogP contribution in [0.5, 0.6) is 11.5 Å². The lowest BCUT2D eigenvalue weighted by molar-refractivity contribution is 0.104. The number of ether oxygens (including phenoxy) is 2. The number of rotatable bonds is 4. The third-order valence-electron chi connectivity index (χ3n) is 2.99. The molecule has 1 heterocycles. The normalized spacial score (nSPS) is 12.6. The number of hydrogen-bond donors (Lipinski definition) is 1. The summed E-state index contributed by atoms with van der Waals surface area (Å²) < 4.78 is 11.5. The van der Waals surface area contributed by atoms with Gasteiger partial charge in [-0.3, -0.25) is 4.79 Å². The third kappa shape index (κ3) is 3.25. The van der Waals surface area contributed by atoms with Crippen molar-refractivity contribution in [1.82, 2.24) is 0 Å². The van der Waals surface area contributed by atoms with Crippen LogP contribution in [-0.4, -0.2) is 12.6 Å². The van der Waals surface area contributed by atoms with E-state index in [0.717, 1.165) is 15.9 Å². The first-order valence-corrected chi connectivity index (χ1v) is 7.14. The summed E-state index contributed by atoms with van der Waals surface area (Å²) in [7, 11) is 0. The molecule has 0 unspecified atom stereocenters. The van der Waals surface area contributed by atoms with Crippen molar-refractivity contribution in [2.45, 2.75) is 0 Å². The van der Waals surface area contributed by atoms with Gasteiger partial charge in [-0.1, -0.05) is 15.9 Å². The minimum atomic E-state index is -0.0595. The molecule has 0 atom stereocenters. The lowest BCUT2D eigenvalue weighted by Gasteiger charge is -2.02. The fourth-order valence-electron chi connectivity index (χ4n) is 1.91. The zero-order valence-electron chi connectivity index (χ0n) is 11.0. The van der Waals surface area contributed by atoms with Crippen LogP contribution in [0.25, 0.3) is 0 Å². The highest BCUT2D eigenvalue weighted by molar-refractivity contribution is 9.10. The minimum absolute atomic E-state index is 0.0595. The van der Waals surface area contributed by atoms with Gasteiger partial charge in [0.15, 0.2) is 17.3 Å². The second-order valence-corrected chi connectivity index (χ2v) is 5.33. The van der Waals surface area contributed by atoms with Crippen LogP contribution >= 0.6 is 15.9 Å². The van der Waals surface area contributed by atoms with E-state index in [4.69, 9.17) is 9.47 Å². The van der Waals surface area contributed by atoms with Crippen molar-refractivity contribution in [2.24, 2.45) is 0 Å². The van der Waals surface area contributed by atoms with Gasteiger partial charge in [0.2, 0.25) is 6.79 Å². The Labute approximate surface area is 130 Å². The van der Waals surface area contributed by atoms with Crippen LogP contribution in [-0.2, 0) is 0 Å². The molecule has 4 nitrogen and oxygen atoms in total. The van der Waals surface area contributed by atoms with Crippen LogP contribution in [0.4, 0.5) is 5.69 Å². The molecule has 21 heavy (non-hydrogen) atoms. The molecule has 1 N–H and O–H groups in total. The highest BCUT2D eigenvalue weighted by Crippen LogP contribution is 2.34. The predicted octanol–water partition coefficient (Wildman–Crippen LogP) is 3.99. The summed E-state index contributed by atoms with van der Waals surface area (Å²) in [5, 5.41) is 3.04. The molecule has 1 aliphatic heterocycles. The van der Waals surface area contributed by atoms with Crippen molar-refractivity contribution in [3.05, 3.63) is 64.8 Å². The number of carbonyl (C=O) groups is 1. The van der Waals surface area contributed by atoms with E-state index in [2.05, 4.69) is 21.2 Å². The summed E-state index contributed by atoms with van der Waals surface area (Å²) in [6.45, 7) is 0.247. The van der Waals surface area contributed by atoms with Gasteiger partial charge < -0.3 is 14.8 Å². The van der Waals surface area contributed by atoms with Crippen LogP contribution in [0.3, 0.4) is 0 Å². The number of hydrogen-bond acceptors (Lipinski definition) is 4. The predicted molar refractivity (Wildman–Crippen MR) is 83.8 cm³/mol. The number of nitrogens with one attached hydrogen (secondary N) is 1. The Bertz CT molecular complexity index is 695. The maximum Gasteiger partial charge on any atom is 0.231 e. The number of anilines is 1. The summed E-state index contributed by atoms with van der Waals surface area (Å²) in [5.74, 6) is 1.37. The van der Waals surface area contributed by atoms with Gasteiger partial charge in [0, 0.05) is 34.1 Å². The molecule has 0 saturated heterocycles. The molecule has 2 aromatic carbocycles. The molecule has 1 aliphatic rings. The van der Waals surface area contributed by atoms with Gasteiger partial charge in [-0.15, -0.1) is 0 Å². The van der Waals surface area contributed by atoms with E-state index in [0.29, 0.717) is 11.3 Å². The molecule has 106 valence electrons. The first-order valence-electron chi connectivity index (χ1n) is 6.35. The number of allylic oxidation sites excluding steroid dienone is 1. The molecular weight excluding hydrogens is 334 g/mol. The Morgan fingerprint density at radius 1 is 1.10 bits per heavy atom. The van der Waals surface area contributed by atoms with Crippen LogP contribution in [0, 0.1) is 0 Å². The quantitative estimate of drug-likeness (QED) is 0.672. The standard InChI is InChI=1S/C16H12BrNO3/c17-12-3-1-11(2-4-12)14(19)7-8-18-13-5-6-15-16(9-13)21-10-20-15/h1-9,18H,10H2. The monoisotopic (exact) mass is 345 g/mol. The highest BCUT2D eigenvalue weighted by Gasteiger charge is 2.12. The summed E-state index contributed by atoms with van der Waals surface area (Å²) in [4.78, 5) is 11.9. The van der Waals surface area contributed by atoms with Crippen molar-refractivity contribution >= 4 is 27.4 Å². The summed E-state index contributed by atoms with van der Waals surface area (Å²) in [6, 6.07) is 12.8. The highest BCUT2D eigenvalue weighted by atomic mass is 79.9. The van der Waals surface area contributed by atoms with E-state index in [-0.39, 0.29) is 12.6 Å². The molecule has 2 aromatic rings.